The summed E-state index contributed by atoms with van der Waals surface area (Å²) in [6.07, 6.45) is 0. The van der Waals surface area contributed by atoms with Crippen LogP contribution in [0.5, 0.6) is 11.5 Å². The van der Waals surface area contributed by atoms with Crippen LogP contribution in [0.3, 0.4) is 0 Å². The number of ether oxygens (including phenoxy) is 2. The number of benzene rings is 1. The third-order valence-corrected chi connectivity index (χ3v) is 1.97. The zero-order valence-corrected chi connectivity index (χ0v) is 7.39. The predicted molar refractivity (Wildman–Crippen MR) is 46.9 cm³/mol. The van der Waals surface area contributed by atoms with Crippen LogP contribution < -0.4 is 9.47 Å². The van der Waals surface area contributed by atoms with Gasteiger partial charge in [-0.1, -0.05) is 6.07 Å². The fraction of sp³-hybridized carbons (Fsp3) is 0.400. The van der Waals surface area contributed by atoms with Gasteiger partial charge >= 0.3 is 0 Å². The molecule has 1 aromatic carbocycles. The van der Waals surface area contributed by atoms with Crippen molar-refractivity contribution >= 4 is 0 Å². The Balaban J connectivity index is 2.53. The molecule has 12 heavy (non-hydrogen) atoms. The molecule has 0 aromatic heterocycles. The number of fused-ring (bicyclic) bond motifs is 1. The average Bonchev–Trinajstić information content (AvgIpc) is 2.04. The van der Waals surface area contributed by atoms with Gasteiger partial charge in [0.2, 0.25) is 0 Å². The van der Waals surface area contributed by atoms with Crippen molar-refractivity contribution < 1.29 is 9.47 Å². The first-order chi connectivity index (χ1) is 5.77. The summed E-state index contributed by atoms with van der Waals surface area (Å²) in [6, 6.07) is 4.12. The van der Waals surface area contributed by atoms with E-state index in [0.29, 0.717) is 13.2 Å². The van der Waals surface area contributed by atoms with Crippen molar-refractivity contribution in [1.82, 2.24) is 0 Å². The third-order valence-electron chi connectivity index (χ3n) is 1.97. The highest BCUT2D eigenvalue weighted by atomic mass is 16.6. The van der Waals surface area contributed by atoms with Crippen molar-refractivity contribution in [1.29, 1.82) is 0 Å². The molecule has 0 radical (unpaired) electrons. The molecule has 64 valence electrons. The molecule has 0 spiro atoms. The predicted octanol–water partition coefficient (Wildman–Crippen LogP) is 2.07. The minimum Gasteiger partial charge on any atom is -0.486 e. The molecule has 0 saturated carbocycles. The van der Waals surface area contributed by atoms with Gasteiger partial charge in [-0.25, -0.2) is 0 Å². The first-order valence-electron chi connectivity index (χ1n) is 4.14. The van der Waals surface area contributed by atoms with Crippen molar-refractivity contribution in [3.05, 3.63) is 23.3 Å². The zero-order valence-electron chi connectivity index (χ0n) is 7.39. The van der Waals surface area contributed by atoms with Crippen molar-refractivity contribution in [3.8, 4) is 11.5 Å². The minimum atomic E-state index is 0.663. The number of rotatable bonds is 0. The molecule has 2 rings (SSSR count). The topological polar surface area (TPSA) is 18.5 Å². The number of hydrogen-bond donors (Lipinski definition) is 0. The molecule has 0 fully saturated rings. The maximum absolute atomic E-state index is 5.48. The van der Waals surface area contributed by atoms with E-state index in [9.17, 15) is 0 Å². The molecule has 0 amide bonds. The van der Waals surface area contributed by atoms with Gasteiger partial charge in [0, 0.05) is 0 Å². The van der Waals surface area contributed by atoms with E-state index < -0.39 is 0 Å². The van der Waals surface area contributed by atoms with Crippen LogP contribution in [0.2, 0.25) is 0 Å². The molecule has 0 bridgehead atoms. The molecule has 0 unspecified atom stereocenters. The maximum atomic E-state index is 5.48. The van der Waals surface area contributed by atoms with E-state index in [0.717, 1.165) is 17.1 Å². The molecular weight excluding hydrogens is 152 g/mol. The summed E-state index contributed by atoms with van der Waals surface area (Å²) in [4.78, 5) is 0. The molecule has 0 N–H and O–H groups in total. The molecule has 2 heteroatoms. The van der Waals surface area contributed by atoms with Gasteiger partial charge in [0.1, 0.15) is 13.2 Å². The zero-order chi connectivity index (χ0) is 8.55. The fourth-order valence-corrected chi connectivity index (χ4v) is 1.50. The molecule has 1 aromatic rings. The minimum absolute atomic E-state index is 0.663. The summed E-state index contributed by atoms with van der Waals surface area (Å²) in [5.74, 6) is 1.80. The maximum Gasteiger partial charge on any atom is 0.164 e. The van der Waals surface area contributed by atoms with E-state index in [-0.39, 0.29) is 0 Å². The Bertz CT molecular complexity index is 305. The molecule has 1 aliphatic heterocycles. The molecule has 0 aliphatic carbocycles. The summed E-state index contributed by atoms with van der Waals surface area (Å²) in [7, 11) is 0. The van der Waals surface area contributed by atoms with E-state index in [1.165, 1.54) is 5.56 Å². The van der Waals surface area contributed by atoms with Gasteiger partial charge in [-0.2, -0.15) is 0 Å². The van der Waals surface area contributed by atoms with Gasteiger partial charge in [-0.05, 0) is 31.0 Å². The summed E-state index contributed by atoms with van der Waals surface area (Å²) in [6.45, 7) is 5.43. The Morgan fingerprint density at radius 1 is 1.08 bits per heavy atom. The van der Waals surface area contributed by atoms with E-state index in [1.54, 1.807) is 0 Å². The normalized spacial score (nSPS) is 14.5. The van der Waals surface area contributed by atoms with Crippen molar-refractivity contribution in [2.75, 3.05) is 13.2 Å². The smallest absolute Gasteiger partial charge is 0.164 e. The van der Waals surface area contributed by atoms with Gasteiger partial charge in [0.05, 0.1) is 0 Å². The Kier molecular flexibility index (Phi) is 1.68. The van der Waals surface area contributed by atoms with Crippen molar-refractivity contribution in [2.45, 2.75) is 13.8 Å². The molecule has 1 aliphatic rings. The lowest BCUT2D eigenvalue weighted by Crippen LogP contribution is -2.16. The lowest BCUT2D eigenvalue weighted by Gasteiger charge is -2.20. The van der Waals surface area contributed by atoms with E-state index in [2.05, 4.69) is 13.0 Å². The molecule has 0 saturated heterocycles. The summed E-state index contributed by atoms with van der Waals surface area (Å²) in [5, 5.41) is 0. The second-order valence-corrected chi connectivity index (χ2v) is 3.11. The lowest BCUT2D eigenvalue weighted by molar-refractivity contribution is 0.170. The number of aryl methyl sites for hydroxylation is 2. The van der Waals surface area contributed by atoms with Crippen LogP contribution in [0, 0.1) is 13.8 Å². The SMILES string of the molecule is Cc1cc(C)c2c(c1)OCCO2. The Labute approximate surface area is 72.1 Å². The third kappa shape index (κ3) is 1.13. The largest absolute Gasteiger partial charge is 0.486 e. The lowest BCUT2D eigenvalue weighted by atomic mass is 10.1. The first kappa shape index (κ1) is 7.47. The molecule has 1 heterocycles. The average molecular weight is 164 g/mol. The second-order valence-electron chi connectivity index (χ2n) is 3.11. The van der Waals surface area contributed by atoms with Gasteiger partial charge < -0.3 is 9.47 Å². The van der Waals surface area contributed by atoms with Gasteiger partial charge in [-0.3, -0.25) is 0 Å². The van der Waals surface area contributed by atoms with Crippen LogP contribution in [-0.2, 0) is 0 Å². The van der Waals surface area contributed by atoms with Crippen LogP contribution in [0.15, 0.2) is 12.1 Å². The quantitative estimate of drug-likeness (QED) is 0.584. The highest BCUT2D eigenvalue weighted by Crippen LogP contribution is 2.34. The second kappa shape index (κ2) is 2.70. The first-order valence-corrected chi connectivity index (χ1v) is 4.14. The Morgan fingerprint density at radius 3 is 2.67 bits per heavy atom. The van der Waals surface area contributed by atoms with Crippen molar-refractivity contribution in [3.63, 3.8) is 0 Å². The van der Waals surface area contributed by atoms with E-state index in [1.807, 2.05) is 13.0 Å². The van der Waals surface area contributed by atoms with Crippen molar-refractivity contribution in [2.24, 2.45) is 0 Å². The Morgan fingerprint density at radius 2 is 1.83 bits per heavy atom. The monoisotopic (exact) mass is 164 g/mol. The van der Waals surface area contributed by atoms with Gasteiger partial charge in [0.15, 0.2) is 11.5 Å². The van der Waals surface area contributed by atoms with Gasteiger partial charge in [-0.15, -0.1) is 0 Å². The molecule has 0 atom stereocenters. The van der Waals surface area contributed by atoms with E-state index >= 15 is 0 Å². The number of hydrogen-bond acceptors (Lipinski definition) is 2. The van der Waals surface area contributed by atoms with Gasteiger partial charge in [0.25, 0.3) is 0 Å². The summed E-state index contributed by atoms with van der Waals surface area (Å²) >= 11 is 0. The summed E-state index contributed by atoms with van der Waals surface area (Å²) in [5.41, 5.74) is 2.38. The highest BCUT2D eigenvalue weighted by Gasteiger charge is 2.13. The van der Waals surface area contributed by atoms with Crippen LogP contribution in [0.25, 0.3) is 0 Å². The standard InChI is InChI=1S/C10H12O2/c1-7-5-8(2)10-9(6-7)11-3-4-12-10/h5-6H,3-4H2,1-2H3. The Hall–Kier alpha value is -1.18. The highest BCUT2D eigenvalue weighted by molar-refractivity contribution is 5.49. The molecular formula is C10H12O2. The van der Waals surface area contributed by atoms with Crippen LogP contribution in [-0.4, -0.2) is 13.2 Å². The fourth-order valence-electron chi connectivity index (χ4n) is 1.50. The molecule has 2 nitrogen and oxygen atoms in total. The van der Waals surface area contributed by atoms with Crippen LogP contribution in [0.4, 0.5) is 0 Å². The van der Waals surface area contributed by atoms with Crippen LogP contribution >= 0.6 is 0 Å². The van der Waals surface area contributed by atoms with E-state index in [4.69, 9.17) is 9.47 Å². The summed E-state index contributed by atoms with van der Waals surface area (Å²) < 4.78 is 10.9. The van der Waals surface area contributed by atoms with Crippen LogP contribution in [0.1, 0.15) is 11.1 Å².